The molecule has 142 valence electrons. The first-order valence-electron chi connectivity index (χ1n) is 8.88. The van der Waals surface area contributed by atoms with Gasteiger partial charge in [0, 0.05) is 17.4 Å². The highest BCUT2D eigenvalue weighted by Crippen LogP contribution is 2.38. The van der Waals surface area contributed by atoms with Crippen molar-refractivity contribution in [1.29, 1.82) is 0 Å². The monoisotopic (exact) mass is 430 g/mol. The minimum atomic E-state index is -0.948. The van der Waals surface area contributed by atoms with Gasteiger partial charge >= 0.3 is 0 Å². The van der Waals surface area contributed by atoms with Crippen LogP contribution in [0.3, 0.4) is 0 Å². The van der Waals surface area contributed by atoms with Gasteiger partial charge in [0.05, 0.1) is 12.8 Å². The van der Waals surface area contributed by atoms with Crippen LogP contribution in [-0.4, -0.2) is 25.5 Å². The van der Waals surface area contributed by atoms with Crippen molar-refractivity contribution in [3.8, 4) is 5.75 Å². The van der Waals surface area contributed by atoms with Crippen LogP contribution in [0.1, 0.15) is 37.3 Å². The number of methoxy groups -OCH3 is 1. The number of rotatable bonds is 5. The maximum Gasteiger partial charge on any atom is 0.237 e. The van der Waals surface area contributed by atoms with Crippen LogP contribution in [-0.2, 0) is 15.0 Å². The Hall–Kier alpha value is -2.34. The number of hydrogen-bond acceptors (Lipinski definition) is 3. The van der Waals surface area contributed by atoms with Gasteiger partial charge < -0.3 is 15.4 Å². The zero-order chi connectivity index (χ0) is 19.6. The van der Waals surface area contributed by atoms with Gasteiger partial charge in [0.25, 0.3) is 0 Å². The van der Waals surface area contributed by atoms with Crippen molar-refractivity contribution >= 4 is 33.4 Å². The Morgan fingerprint density at radius 3 is 2.63 bits per heavy atom. The fourth-order valence-corrected chi connectivity index (χ4v) is 3.91. The number of ether oxygens (including phenoxy) is 1. The van der Waals surface area contributed by atoms with Crippen molar-refractivity contribution in [3.63, 3.8) is 0 Å². The summed E-state index contributed by atoms with van der Waals surface area (Å²) >= 11 is 3.40. The maximum atomic E-state index is 13.4. The summed E-state index contributed by atoms with van der Waals surface area (Å²) in [4.78, 5) is 25.6. The molecule has 0 aliphatic carbocycles. The summed E-state index contributed by atoms with van der Waals surface area (Å²) in [5, 5.41) is 5.82. The molecule has 0 spiro atoms. The van der Waals surface area contributed by atoms with Crippen molar-refractivity contribution in [1.82, 2.24) is 5.32 Å². The average Bonchev–Trinajstić information content (AvgIpc) is 3.06. The molecule has 5 nitrogen and oxygen atoms in total. The van der Waals surface area contributed by atoms with Crippen LogP contribution in [0.4, 0.5) is 5.69 Å². The Labute approximate surface area is 167 Å². The summed E-state index contributed by atoms with van der Waals surface area (Å²) in [5.74, 6) is 0.465. The molecule has 27 heavy (non-hydrogen) atoms. The molecule has 2 amide bonds. The molecule has 1 atom stereocenters. The molecule has 0 saturated carbocycles. The summed E-state index contributed by atoms with van der Waals surface area (Å²) < 4.78 is 6.24. The molecule has 1 heterocycles. The number of anilines is 1. The molecular weight excluding hydrogens is 408 g/mol. The molecule has 1 aliphatic heterocycles. The number of carbonyl (C=O) groups excluding carboxylic acids is 2. The van der Waals surface area contributed by atoms with Crippen LogP contribution in [0.2, 0.25) is 0 Å². The predicted octanol–water partition coefficient (Wildman–Crippen LogP) is 3.98. The molecule has 1 saturated heterocycles. The molecule has 0 bridgehead atoms. The minimum Gasteiger partial charge on any atom is -0.495 e. The zero-order valence-electron chi connectivity index (χ0n) is 15.6. The summed E-state index contributed by atoms with van der Waals surface area (Å²) in [6, 6.07) is 13.3. The number of amides is 2. The van der Waals surface area contributed by atoms with E-state index >= 15 is 0 Å². The topological polar surface area (TPSA) is 67.4 Å². The number of halogens is 1. The Balaban J connectivity index is 2.04. The molecule has 0 radical (unpaired) electrons. The third-order valence-corrected chi connectivity index (χ3v) is 5.49. The van der Waals surface area contributed by atoms with Crippen LogP contribution in [0.25, 0.3) is 0 Å². The number of nitrogens with one attached hydrogen (secondary N) is 2. The first-order chi connectivity index (χ1) is 12.9. The molecule has 2 N–H and O–H groups in total. The molecule has 2 aromatic rings. The van der Waals surface area contributed by atoms with Crippen LogP contribution >= 0.6 is 15.9 Å². The molecule has 2 aromatic carbocycles. The van der Waals surface area contributed by atoms with Gasteiger partial charge in [-0.3, -0.25) is 9.59 Å². The molecule has 6 heteroatoms. The van der Waals surface area contributed by atoms with Gasteiger partial charge in [-0.15, -0.1) is 0 Å². The molecular formula is C21H23BrN2O3. The van der Waals surface area contributed by atoms with E-state index in [1.807, 2.05) is 30.3 Å². The maximum absolute atomic E-state index is 13.4. The van der Waals surface area contributed by atoms with E-state index in [1.165, 1.54) is 0 Å². The van der Waals surface area contributed by atoms with Gasteiger partial charge in [0.1, 0.15) is 11.2 Å². The van der Waals surface area contributed by atoms with E-state index in [-0.39, 0.29) is 30.7 Å². The van der Waals surface area contributed by atoms with Crippen LogP contribution < -0.4 is 15.4 Å². The predicted molar refractivity (Wildman–Crippen MR) is 109 cm³/mol. The number of carbonyl (C=O) groups is 2. The standard InChI is InChI=1S/C21H23BrN2O3/c1-13(2)15-6-4-5-7-16(15)21(11-19(25)23-12-21)20(26)24-17-9-8-14(22)10-18(17)27-3/h4-10,13H,11-12H2,1-3H3,(H,23,25)(H,24,26). The Bertz CT molecular complexity index is 881. The smallest absolute Gasteiger partial charge is 0.237 e. The van der Waals surface area contributed by atoms with E-state index in [2.05, 4.69) is 40.4 Å². The fraction of sp³-hybridized carbons (Fsp3) is 0.333. The SMILES string of the molecule is COc1cc(Br)ccc1NC(=O)C1(c2ccccc2C(C)C)CNC(=O)C1. The molecule has 1 aliphatic rings. The second-order valence-electron chi connectivity index (χ2n) is 7.08. The highest BCUT2D eigenvalue weighted by molar-refractivity contribution is 9.10. The molecule has 1 unspecified atom stereocenters. The molecule has 1 fully saturated rings. The van der Waals surface area contributed by atoms with E-state index < -0.39 is 5.41 Å². The van der Waals surface area contributed by atoms with Gasteiger partial charge in [0.15, 0.2) is 0 Å². The fourth-order valence-electron chi connectivity index (χ4n) is 3.57. The quantitative estimate of drug-likeness (QED) is 0.753. The second-order valence-corrected chi connectivity index (χ2v) is 7.99. The van der Waals surface area contributed by atoms with Crippen LogP contribution in [0, 0.1) is 0 Å². The average molecular weight is 431 g/mol. The first kappa shape index (κ1) is 19.4. The second kappa shape index (κ2) is 7.72. The minimum absolute atomic E-state index is 0.119. The van der Waals surface area contributed by atoms with Gasteiger partial charge in [-0.1, -0.05) is 54.0 Å². The van der Waals surface area contributed by atoms with E-state index in [9.17, 15) is 9.59 Å². The highest BCUT2D eigenvalue weighted by atomic mass is 79.9. The van der Waals surface area contributed by atoms with Crippen molar-refractivity contribution in [2.24, 2.45) is 0 Å². The van der Waals surface area contributed by atoms with Gasteiger partial charge in [-0.25, -0.2) is 0 Å². The van der Waals surface area contributed by atoms with Gasteiger partial charge in [0.2, 0.25) is 11.8 Å². The van der Waals surface area contributed by atoms with Gasteiger partial charge in [-0.2, -0.15) is 0 Å². The van der Waals surface area contributed by atoms with E-state index in [1.54, 1.807) is 19.2 Å². The van der Waals surface area contributed by atoms with Crippen molar-refractivity contribution in [2.45, 2.75) is 31.6 Å². The zero-order valence-corrected chi connectivity index (χ0v) is 17.2. The first-order valence-corrected chi connectivity index (χ1v) is 9.68. The van der Waals surface area contributed by atoms with Crippen LogP contribution in [0.15, 0.2) is 46.9 Å². The summed E-state index contributed by atoms with van der Waals surface area (Å²) in [6.45, 7) is 4.46. The lowest BCUT2D eigenvalue weighted by Crippen LogP contribution is -2.43. The third kappa shape index (κ3) is 3.72. The lowest BCUT2D eigenvalue weighted by molar-refractivity contribution is -0.124. The largest absolute Gasteiger partial charge is 0.495 e. The number of hydrogen-bond donors (Lipinski definition) is 2. The number of benzene rings is 2. The molecule has 3 rings (SSSR count). The summed E-state index contributed by atoms with van der Waals surface area (Å²) in [6.07, 6.45) is 0.126. The Morgan fingerprint density at radius 1 is 1.26 bits per heavy atom. The summed E-state index contributed by atoms with van der Waals surface area (Å²) in [7, 11) is 1.56. The van der Waals surface area contributed by atoms with Crippen molar-refractivity contribution in [2.75, 3.05) is 19.0 Å². The highest BCUT2D eigenvalue weighted by Gasteiger charge is 2.48. The third-order valence-electron chi connectivity index (χ3n) is 4.99. The Morgan fingerprint density at radius 2 is 2.00 bits per heavy atom. The van der Waals surface area contributed by atoms with Gasteiger partial charge in [-0.05, 0) is 35.2 Å². The van der Waals surface area contributed by atoms with Crippen molar-refractivity contribution in [3.05, 3.63) is 58.1 Å². The van der Waals surface area contributed by atoms with Crippen LogP contribution in [0.5, 0.6) is 5.75 Å². The Kier molecular flexibility index (Phi) is 5.56. The van der Waals surface area contributed by atoms with E-state index in [0.717, 1.165) is 15.6 Å². The van der Waals surface area contributed by atoms with E-state index in [0.29, 0.717) is 11.4 Å². The normalized spacial score (nSPS) is 19.1. The summed E-state index contributed by atoms with van der Waals surface area (Å²) in [5.41, 5.74) is 1.60. The lowest BCUT2D eigenvalue weighted by Gasteiger charge is -2.30. The lowest BCUT2D eigenvalue weighted by atomic mass is 9.74. The molecule has 0 aromatic heterocycles. The van der Waals surface area contributed by atoms with Crippen molar-refractivity contribution < 1.29 is 14.3 Å². The van der Waals surface area contributed by atoms with E-state index in [4.69, 9.17) is 4.74 Å².